The minimum atomic E-state index is -0.467. The van der Waals surface area contributed by atoms with Crippen LogP contribution in [0.15, 0.2) is 0 Å². The zero-order valence-corrected chi connectivity index (χ0v) is 9.95. The molecule has 0 aromatic heterocycles. The molecule has 0 fully saturated rings. The van der Waals surface area contributed by atoms with Gasteiger partial charge in [-0.05, 0) is 12.3 Å². The molecule has 2 N–H and O–H groups in total. The third kappa shape index (κ3) is 8.39. The van der Waals surface area contributed by atoms with Gasteiger partial charge in [0, 0.05) is 19.6 Å². The minimum Gasteiger partial charge on any atom is -0.391 e. The second-order valence-electron chi connectivity index (χ2n) is 3.98. The first-order valence-electron chi connectivity index (χ1n) is 5.60. The maximum Gasteiger partial charge on any atom is 0.222 e. The number of ether oxygens (including phenoxy) is 1. The summed E-state index contributed by atoms with van der Waals surface area (Å²) in [6.45, 7) is 7.34. The lowest BCUT2D eigenvalue weighted by Crippen LogP contribution is -2.35. The fourth-order valence-electron chi connectivity index (χ4n) is 0.954. The molecule has 0 aromatic carbocycles. The van der Waals surface area contributed by atoms with Crippen molar-refractivity contribution >= 4 is 5.91 Å². The van der Waals surface area contributed by atoms with E-state index >= 15 is 0 Å². The zero-order chi connectivity index (χ0) is 11.7. The number of hydrogen-bond acceptors (Lipinski definition) is 3. The Morgan fingerprint density at radius 3 is 2.60 bits per heavy atom. The Hall–Kier alpha value is -0.610. The summed E-state index contributed by atoms with van der Waals surface area (Å²) in [6.07, 6.45) is 0.865. The van der Waals surface area contributed by atoms with Gasteiger partial charge in [-0.15, -0.1) is 0 Å². The maximum absolute atomic E-state index is 11.2. The van der Waals surface area contributed by atoms with Gasteiger partial charge in [-0.2, -0.15) is 0 Å². The molecule has 0 spiro atoms. The molecule has 0 saturated carbocycles. The summed E-state index contributed by atoms with van der Waals surface area (Å²) >= 11 is 0. The number of nitrogens with one attached hydrogen (secondary N) is 1. The van der Waals surface area contributed by atoms with E-state index in [4.69, 9.17) is 4.74 Å². The highest BCUT2D eigenvalue weighted by molar-refractivity contribution is 5.75. The molecule has 0 radical (unpaired) electrons. The van der Waals surface area contributed by atoms with E-state index in [1.807, 2.05) is 20.8 Å². The van der Waals surface area contributed by atoms with Gasteiger partial charge < -0.3 is 15.2 Å². The summed E-state index contributed by atoms with van der Waals surface area (Å²) in [4.78, 5) is 11.2. The van der Waals surface area contributed by atoms with Crippen molar-refractivity contribution in [1.29, 1.82) is 0 Å². The molecule has 4 heteroatoms. The monoisotopic (exact) mass is 217 g/mol. The second-order valence-corrected chi connectivity index (χ2v) is 3.98. The Bertz CT molecular complexity index is 171. The molecular weight excluding hydrogens is 194 g/mol. The van der Waals surface area contributed by atoms with Crippen LogP contribution in [0.2, 0.25) is 0 Å². The standard InChI is InChI=1S/C11H23NO3/c1-4-6-15-7-5-11(14)12-8-10(13)9(2)3/h9-10,13H,4-8H2,1-3H3,(H,12,14). The van der Waals surface area contributed by atoms with E-state index in [0.717, 1.165) is 6.42 Å². The molecule has 0 bridgehead atoms. The topological polar surface area (TPSA) is 58.6 Å². The van der Waals surface area contributed by atoms with Crippen LogP contribution in [0.4, 0.5) is 0 Å². The summed E-state index contributed by atoms with van der Waals surface area (Å²) in [7, 11) is 0. The van der Waals surface area contributed by atoms with Crippen molar-refractivity contribution in [3.8, 4) is 0 Å². The summed E-state index contributed by atoms with van der Waals surface area (Å²) in [5.74, 6) is 0.104. The lowest BCUT2D eigenvalue weighted by atomic mass is 10.1. The van der Waals surface area contributed by atoms with Crippen LogP contribution >= 0.6 is 0 Å². The molecule has 0 aliphatic carbocycles. The SMILES string of the molecule is CCCOCCC(=O)NCC(O)C(C)C. The third-order valence-corrected chi connectivity index (χ3v) is 2.10. The molecule has 0 aromatic rings. The summed E-state index contributed by atoms with van der Waals surface area (Å²) in [5, 5.41) is 12.1. The van der Waals surface area contributed by atoms with E-state index in [0.29, 0.717) is 26.2 Å². The lowest BCUT2D eigenvalue weighted by Gasteiger charge is -2.14. The Kier molecular flexibility index (Phi) is 8.33. The molecule has 1 atom stereocenters. The van der Waals surface area contributed by atoms with E-state index in [9.17, 15) is 9.90 Å². The van der Waals surface area contributed by atoms with Crippen molar-refractivity contribution in [2.24, 2.45) is 5.92 Å². The molecule has 0 aliphatic rings. The van der Waals surface area contributed by atoms with Crippen molar-refractivity contribution in [3.63, 3.8) is 0 Å². The second kappa shape index (κ2) is 8.68. The quantitative estimate of drug-likeness (QED) is 0.595. The molecule has 1 unspecified atom stereocenters. The zero-order valence-electron chi connectivity index (χ0n) is 9.95. The van der Waals surface area contributed by atoms with Crippen molar-refractivity contribution in [3.05, 3.63) is 0 Å². The summed E-state index contributed by atoms with van der Waals surface area (Å²) in [5.41, 5.74) is 0. The fraction of sp³-hybridized carbons (Fsp3) is 0.909. The van der Waals surface area contributed by atoms with Crippen LogP contribution < -0.4 is 5.32 Å². The van der Waals surface area contributed by atoms with E-state index < -0.39 is 6.10 Å². The molecule has 4 nitrogen and oxygen atoms in total. The Morgan fingerprint density at radius 2 is 2.07 bits per heavy atom. The smallest absolute Gasteiger partial charge is 0.222 e. The van der Waals surface area contributed by atoms with Crippen molar-refractivity contribution in [2.75, 3.05) is 19.8 Å². The Balaban J connectivity index is 3.41. The van der Waals surface area contributed by atoms with E-state index in [1.165, 1.54) is 0 Å². The number of hydrogen-bond donors (Lipinski definition) is 2. The Morgan fingerprint density at radius 1 is 1.40 bits per heavy atom. The number of aliphatic hydroxyl groups is 1. The molecule has 15 heavy (non-hydrogen) atoms. The number of aliphatic hydroxyl groups excluding tert-OH is 1. The van der Waals surface area contributed by atoms with E-state index in [2.05, 4.69) is 5.32 Å². The third-order valence-electron chi connectivity index (χ3n) is 2.10. The lowest BCUT2D eigenvalue weighted by molar-refractivity contribution is -0.122. The number of rotatable bonds is 8. The molecule has 1 amide bonds. The van der Waals surface area contributed by atoms with Crippen molar-refractivity contribution in [1.82, 2.24) is 5.32 Å². The van der Waals surface area contributed by atoms with Crippen LogP contribution in [-0.2, 0) is 9.53 Å². The first-order valence-corrected chi connectivity index (χ1v) is 5.60. The highest BCUT2D eigenvalue weighted by Gasteiger charge is 2.10. The predicted molar refractivity (Wildman–Crippen MR) is 59.6 cm³/mol. The van der Waals surface area contributed by atoms with Crippen LogP contribution in [0.25, 0.3) is 0 Å². The van der Waals surface area contributed by atoms with Gasteiger partial charge >= 0.3 is 0 Å². The normalized spacial score (nSPS) is 12.9. The van der Waals surface area contributed by atoms with E-state index in [1.54, 1.807) is 0 Å². The molecule has 0 heterocycles. The van der Waals surface area contributed by atoms with Gasteiger partial charge in [-0.3, -0.25) is 4.79 Å². The van der Waals surface area contributed by atoms with Crippen LogP contribution in [0.1, 0.15) is 33.6 Å². The summed E-state index contributed by atoms with van der Waals surface area (Å²) < 4.78 is 5.18. The number of carbonyl (C=O) groups is 1. The van der Waals surface area contributed by atoms with Crippen LogP contribution in [-0.4, -0.2) is 36.9 Å². The van der Waals surface area contributed by atoms with Crippen molar-refractivity contribution in [2.45, 2.75) is 39.7 Å². The Labute approximate surface area is 92.0 Å². The highest BCUT2D eigenvalue weighted by atomic mass is 16.5. The van der Waals surface area contributed by atoms with Crippen LogP contribution in [0, 0.1) is 5.92 Å². The largest absolute Gasteiger partial charge is 0.391 e. The van der Waals surface area contributed by atoms with Crippen LogP contribution in [0.5, 0.6) is 0 Å². The molecule has 0 rings (SSSR count). The first kappa shape index (κ1) is 14.4. The highest BCUT2D eigenvalue weighted by Crippen LogP contribution is 1.98. The van der Waals surface area contributed by atoms with Gasteiger partial charge in [-0.25, -0.2) is 0 Å². The van der Waals surface area contributed by atoms with Crippen molar-refractivity contribution < 1.29 is 14.6 Å². The molecule has 0 aliphatic heterocycles. The minimum absolute atomic E-state index is 0.0641. The summed E-state index contributed by atoms with van der Waals surface area (Å²) in [6, 6.07) is 0. The molecular formula is C11H23NO3. The van der Waals surface area contributed by atoms with Gasteiger partial charge in [0.05, 0.1) is 12.7 Å². The fourth-order valence-corrected chi connectivity index (χ4v) is 0.954. The van der Waals surface area contributed by atoms with Gasteiger partial charge in [0.1, 0.15) is 0 Å². The van der Waals surface area contributed by atoms with Gasteiger partial charge in [0.15, 0.2) is 0 Å². The predicted octanol–water partition coefficient (Wildman–Crippen LogP) is 0.936. The average Bonchev–Trinajstić information content (AvgIpc) is 2.20. The maximum atomic E-state index is 11.2. The number of carbonyl (C=O) groups excluding carboxylic acids is 1. The van der Waals surface area contributed by atoms with Gasteiger partial charge in [0.2, 0.25) is 5.91 Å². The average molecular weight is 217 g/mol. The van der Waals surface area contributed by atoms with Crippen LogP contribution in [0.3, 0.4) is 0 Å². The van der Waals surface area contributed by atoms with Gasteiger partial charge in [0.25, 0.3) is 0 Å². The van der Waals surface area contributed by atoms with E-state index in [-0.39, 0.29) is 11.8 Å². The molecule has 90 valence electrons. The first-order chi connectivity index (χ1) is 7.07. The van der Waals surface area contributed by atoms with Gasteiger partial charge in [-0.1, -0.05) is 20.8 Å². The number of amides is 1. The molecule has 0 saturated heterocycles.